The molecule has 0 spiro atoms. The molecule has 3 aromatic rings. The number of benzene rings is 1. The molecule has 0 saturated heterocycles. The molecule has 3 nitrogen and oxygen atoms in total. The van der Waals surface area contributed by atoms with Crippen molar-refractivity contribution in [1.82, 2.24) is 4.57 Å². The van der Waals surface area contributed by atoms with E-state index in [4.69, 9.17) is 6.42 Å². The topological polar surface area (TPSA) is 42.2 Å². The van der Waals surface area contributed by atoms with Crippen molar-refractivity contribution in [2.24, 2.45) is 0 Å². The summed E-state index contributed by atoms with van der Waals surface area (Å²) in [5, 5.41) is 11.6. The first-order valence-corrected chi connectivity index (χ1v) is 9.14. The van der Waals surface area contributed by atoms with Crippen molar-refractivity contribution in [3.8, 4) is 29.2 Å². The van der Waals surface area contributed by atoms with Crippen LogP contribution in [0, 0.1) is 40.5 Å². The number of aryl methyl sites for hydroxylation is 3. The molecule has 0 unspecified atom stereocenters. The van der Waals surface area contributed by atoms with Crippen molar-refractivity contribution in [3.05, 3.63) is 58.0 Å². The molecule has 3 rings (SSSR count). The van der Waals surface area contributed by atoms with Crippen LogP contribution >= 0.6 is 11.3 Å². The molecule has 2 aromatic heterocycles. The number of terminal acetylenes is 1. The molecule has 0 fully saturated rings. The number of aromatic nitrogens is 1. The third-order valence-electron chi connectivity index (χ3n) is 4.21. The molecule has 1 N–H and O–H groups in total. The summed E-state index contributed by atoms with van der Waals surface area (Å²) < 4.78 is 1.58. The molecular weight excluding hydrogens is 431 g/mol. The largest absolute Gasteiger partial charge is 0.506 e. The van der Waals surface area contributed by atoms with Crippen LogP contribution in [0.15, 0.2) is 29.1 Å². The maximum atomic E-state index is 13.0. The van der Waals surface area contributed by atoms with Crippen LogP contribution < -0.4 is 5.56 Å². The van der Waals surface area contributed by atoms with E-state index in [0.717, 1.165) is 31.8 Å². The fourth-order valence-electron chi connectivity index (χ4n) is 2.86. The number of hydrogen-bond donors (Lipinski definition) is 1. The van der Waals surface area contributed by atoms with E-state index < -0.39 is 0 Å². The Morgan fingerprint density at radius 2 is 1.78 bits per heavy atom. The summed E-state index contributed by atoms with van der Waals surface area (Å²) in [6.07, 6.45) is 5.45. The summed E-state index contributed by atoms with van der Waals surface area (Å²) in [7, 11) is 0. The average Bonchev–Trinajstić information content (AvgIpc) is 2.90. The summed E-state index contributed by atoms with van der Waals surface area (Å²) in [6.45, 7) is 10.1. The predicted molar refractivity (Wildman–Crippen MR) is 114 cm³/mol. The Hall–Kier alpha value is -1.41. The molecule has 0 amide bonds. The number of rotatable bonds is 2. The standard InChI is InChI=1S/C19H17NO2S.C2H6.CH3.Y/c1-5-10-20-18(22)16(14-9-7-6-8-11(14)2)17(21)15-12(3)13(4)23-19(15)20;1-2;;/h1,6-9,21H,10H2,2-4H3;1-2H3;1H3;/q;;-1;. The van der Waals surface area contributed by atoms with Crippen LogP contribution in [0.3, 0.4) is 0 Å². The van der Waals surface area contributed by atoms with Crippen LogP contribution in [0.2, 0.25) is 0 Å². The molecule has 0 saturated carbocycles. The van der Waals surface area contributed by atoms with Crippen molar-refractivity contribution in [3.63, 3.8) is 0 Å². The number of aromatic hydroxyl groups is 1. The van der Waals surface area contributed by atoms with Gasteiger partial charge in [-0.25, -0.2) is 0 Å². The Morgan fingerprint density at radius 3 is 2.33 bits per heavy atom. The summed E-state index contributed by atoms with van der Waals surface area (Å²) in [5.41, 5.74) is 2.75. The predicted octanol–water partition coefficient (Wildman–Crippen LogP) is 5.47. The molecule has 27 heavy (non-hydrogen) atoms. The van der Waals surface area contributed by atoms with E-state index in [9.17, 15) is 9.90 Å². The molecule has 0 atom stereocenters. The van der Waals surface area contributed by atoms with Crippen LogP contribution in [0.25, 0.3) is 21.3 Å². The van der Waals surface area contributed by atoms with Crippen molar-refractivity contribution in [2.75, 3.05) is 0 Å². The summed E-state index contributed by atoms with van der Waals surface area (Å²) in [6, 6.07) is 7.55. The summed E-state index contributed by atoms with van der Waals surface area (Å²) in [4.78, 5) is 14.8. The van der Waals surface area contributed by atoms with Crippen LogP contribution in [0.5, 0.6) is 5.75 Å². The van der Waals surface area contributed by atoms with Gasteiger partial charge in [-0.1, -0.05) is 44.0 Å². The number of hydrogen-bond acceptors (Lipinski definition) is 3. The van der Waals surface area contributed by atoms with E-state index in [2.05, 4.69) is 5.92 Å². The molecular formula is C22H26NO2SY-. The zero-order valence-corrected chi connectivity index (χ0v) is 20.5. The molecule has 0 bridgehead atoms. The van der Waals surface area contributed by atoms with Crippen molar-refractivity contribution in [1.29, 1.82) is 0 Å². The van der Waals surface area contributed by atoms with Gasteiger partial charge in [0.2, 0.25) is 0 Å². The average molecular weight is 457 g/mol. The first-order chi connectivity index (χ1) is 12.0. The van der Waals surface area contributed by atoms with Gasteiger partial charge in [-0.3, -0.25) is 9.36 Å². The van der Waals surface area contributed by atoms with Crippen LogP contribution in [-0.4, -0.2) is 9.67 Å². The van der Waals surface area contributed by atoms with Gasteiger partial charge >= 0.3 is 0 Å². The maximum absolute atomic E-state index is 13.0. The Balaban J connectivity index is 0.00000164. The third kappa shape index (κ3) is 4.54. The van der Waals surface area contributed by atoms with Crippen LogP contribution in [-0.2, 0) is 39.3 Å². The van der Waals surface area contributed by atoms with E-state index in [0.29, 0.717) is 5.56 Å². The monoisotopic (exact) mass is 457 g/mol. The van der Waals surface area contributed by atoms with Crippen molar-refractivity contribution < 1.29 is 37.8 Å². The molecule has 1 aromatic carbocycles. The fraction of sp³-hybridized carbons (Fsp3) is 0.273. The van der Waals surface area contributed by atoms with Gasteiger partial charge in [-0.2, -0.15) is 0 Å². The van der Waals surface area contributed by atoms with Gasteiger partial charge < -0.3 is 12.5 Å². The minimum atomic E-state index is -0.247. The number of thiophene rings is 1. The second-order valence-corrected chi connectivity index (χ2v) is 6.80. The van der Waals surface area contributed by atoms with E-state index in [1.165, 1.54) is 11.3 Å². The normalized spacial score (nSPS) is 9.48. The molecule has 1 radical (unpaired) electrons. The molecule has 0 aliphatic heterocycles. The minimum absolute atomic E-state index is 0. The van der Waals surface area contributed by atoms with Gasteiger partial charge in [0.1, 0.15) is 10.6 Å². The number of pyridine rings is 1. The van der Waals surface area contributed by atoms with Gasteiger partial charge in [0.15, 0.2) is 0 Å². The van der Waals surface area contributed by atoms with E-state index >= 15 is 0 Å². The second kappa shape index (κ2) is 10.8. The van der Waals surface area contributed by atoms with Crippen molar-refractivity contribution >= 4 is 21.6 Å². The molecule has 0 aliphatic carbocycles. The summed E-state index contributed by atoms with van der Waals surface area (Å²) >= 11 is 1.49. The van der Waals surface area contributed by atoms with Crippen LogP contribution in [0.1, 0.15) is 29.9 Å². The third-order valence-corrected chi connectivity index (χ3v) is 5.44. The Kier molecular flexibility index (Phi) is 10.2. The minimum Gasteiger partial charge on any atom is -0.506 e. The Labute approximate surface area is 191 Å². The SMILES string of the molecule is C#CCn1c(=O)c(-c2ccccc2C)c(O)c2c(C)c(C)sc21.CC.[CH3-].[Y]. The Morgan fingerprint density at radius 1 is 1.19 bits per heavy atom. The molecule has 0 aliphatic rings. The van der Waals surface area contributed by atoms with Gasteiger partial charge in [0.25, 0.3) is 5.56 Å². The zero-order valence-electron chi connectivity index (χ0n) is 16.9. The molecule has 5 heteroatoms. The maximum Gasteiger partial charge on any atom is 0.264 e. The first-order valence-electron chi connectivity index (χ1n) is 8.32. The van der Waals surface area contributed by atoms with Gasteiger partial charge in [-0.05, 0) is 37.5 Å². The first kappa shape index (κ1) is 25.6. The second-order valence-electron chi connectivity index (χ2n) is 5.60. The quantitative estimate of drug-likeness (QED) is 0.410. The smallest absolute Gasteiger partial charge is 0.264 e. The van der Waals surface area contributed by atoms with E-state index in [-0.39, 0.29) is 58.0 Å². The molecule has 2 heterocycles. The van der Waals surface area contributed by atoms with E-state index in [1.807, 2.05) is 58.9 Å². The summed E-state index contributed by atoms with van der Waals surface area (Å²) in [5.74, 6) is 2.60. The Bertz CT molecular complexity index is 1030. The number of fused-ring (bicyclic) bond motifs is 1. The number of nitrogens with zero attached hydrogens (tertiary/aromatic N) is 1. The van der Waals surface area contributed by atoms with Gasteiger partial charge in [-0.15, -0.1) is 17.8 Å². The molecule has 141 valence electrons. The van der Waals surface area contributed by atoms with Crippen LogP contribution in [0.4, 0.5) is 0 Å². The van der Waals surface area contributed by atoms with Gasteiger partial charge in [0, 0.05) is 37.6 Å². The van der Waals surface area contributed by atoms with Gasteiger partial charge in [0.05, 0.1) is 17.5 Å². The van der Waals surface area contributed by atoms with Crippen molar-refractivity contribution in [2.45, 2.75) is 41.2 Å². The zero-order chi connectivity index (χ0) is 18.7. The van der Waals surface area contributed by atoms with E-state index in [1.54, 1.807) is 4.57 Å². The fourth-order valence-corrected chi connectivity index (χ4v) is 4.02.